The molecule has 1 aliphatic heterocycles. The van der Waals surface area contributed by atoms with Crippen molar-refractivity contribution in [2.45, 2.75) is 32.7 Å². The maximum atomic E-state index is 13.1. The molecule has 1 unspecified atom stereocenters. The van der Waals surface area contributed by atoms with Gasteiger partial charge in [0.05, 0.1) is 11.7 Å². The van der Waals surface area contributed by atoms with E-state index >= 15 is 0 Å². The van der Waals surface area contributed by atoms with Crippen LogP contribution < -0.4 is 5.32 Å². The van der Waals surface area contributed by atoms with Crippen LogP contribution in [0.25, 0.3) is 5.65 Å². The van der Waals surface area contributed by atoms with Crippen molar-refractivity contribution in [2.75, 3.05) is 19.6 Å². The summed E-state index contributed by atoms with van der Waals surface area (Å²) in [7, 11) is 0. The number of fused-ring (bicyclic) bond motifs is 1. The second-order valence-electron chi connectivity index (χ2n) is 7.46. The van der Waals surface area contributed by atoms with Gasteiger partial charge in [-0.05, 0) is 72.9 Å². The zero-order valence-corrected chi connectivity index (χ0v) is 17.9. The van der Waals surface area contributed by atoms with Crippen LogP contribution in [0.5, 0.6) is 0 Å². The Morgan fingerprint density at radius 1 is 1.21 bits per heavy atom. The van der Waals surface area contributed by atoms with Gasteiger partial charge in [0.15, 0.2) is 0 Å². The van der Waals surface area contributed by atoms with Crippen LogP contribution in [0, 0.1) is 13.8 Å². The first-order valence-electron chi connectivity index (χ1n) is 9.76. The summed E-state index contributed by atoms with van der Waals surface area (Å²) in [6.45, 7) is 6.65. The van der Waals surface area contributed by atoms with Crippen LogP contribution in [0.15, 0.2) is 47.1 Å². The minimum Gasteiger partial charge on any atom is -0.349 e. The number of carbonyl (C=O) groups is 1. The molecule has 3 aromatic rings. The average molecular weight is 441 g/mol. The molecule has 0 spiro atoms. The van der Waals surface area contributed by atoms with Gasteiger partial charge in [0.2, 0.25) is 0 Å². The van der Waals surface area contributed by atoms with Crippen molar-refractivity contribution in [2.24, 2.45) is 0 Å². The Balaban J connectivity index is 1.59. The van der Waals surface area contributed by atoms with Gasteiger partial charge in [-0.3, -0.25) is 14.1 Å². The fourth-order valence-electron chi connectivity index (χ4n) is 4.11. The average Bonchev–Trinajstić information content (AvgIpc) is 3.31. The van der Waals surface area contributed by atoms with Crippen LogP contribution in [-0.2, 0) is 0 Å². The van der Waals surface area contributed by atoms with Crippen molar-refractivity contribution >= 4 is 27.5 Å². The quantitative estimate of drug-likeness (QED) is 0.643. The number of hydrogen-bond acceptors (Lipinski definition) is 3. The molecule has 146 valence electrons. The molecule has 6 heteroatoms. The summed E-state index contributed by atoms with van der Waals surface area (Å²) in [5.41, 5.74) is 4.46. The van der Waals surface area contributed by atoms with Gasteiger partial charge in [0.25, 0.3) is 5.91 Å². The zero-order chi connectivity index (χ0) is 19.7. The summed E-state index contributed by atoms with van der Waals surface area (Å²) in [6.07, 6.45) is 4.35. The number of aryl methyl sites for hydroxylation is 2. The molecule has 0 saturated carbocycles. The second-order valence-corrected chi connectivity index (χ2v) is 8.38. The predicted octanol–water partition coefficient (Wildman–Crippen LogP) is 4.28. The summed E-state index contributed by atoms with van der Waals surface area (Å²) in [5.74, 6) is -0.0809. The molecular formula is C22H25BrN4O. The number of halogens is 1. The van der Waals surface area contributed by atoms with Gasteiger partial charge in [-0.2, -0.15) is 0 Å². The lowest BCUT2D eigenvalue weighted by molar-refractivity contribution is 0.0931. The monoisotopic (exact) mass is 440 g/mol. The lowest BCUT2D eigenvalue weighted by Gasteiger charge is -2.28. The number of likely N-dealkylation sites (tertiary alicyclic amines) is 1. The normalized spacial score (nSPS) is 15.8. The number of aromatic nitrogens is 2. The zero-order valence-electron chi connectivity index (χ0n) is 16.3. The molecule has 28 heavy (non-hydrogen) atoms. The van der Waals surface area contributed by atoms with Crippen LogP contribution >= 0.6 is 15.9 Å². The molecule has 1 N–H and O–H groups in total. The molecule has 5 nitrogen and oxygen atoms in total. The molecule has 1 amide bonds. The summed E-state index contributed by atoms with van der Waals surface area (Å²) >= 11 is 3.53. The second kappa shape index (κ2) is 8.05. The van der Waals surface area contributed by atoms with E-state index in [2.05, 4.69) is 55.4 Å². The number of nitrogens with zero attached hydrogens (tertiary/aromatic N) is 3. The van der Waals surface area contributed by atoms with Crippen LogP contribution in [0.1, 0.15) is 46.2 Å². The molecule has 1 aliphatic rings. The van der Waals surface area contributed by atoms with Crippen LogP contribution in [0.4, 0.5) is 0 Å². The van der Waals surface area contributed by atoms with E-state index in [1.165, 1.54) is 18.4 Å². The Morgan fingerprint density at radius 2 is 1.93 bits per heavy atom. The molecule has 1 aromatic carbocycles. The molecule has 1 saturated heterocycles. The van der Waals surface area contributed by atoms with Gasteiger partial charge >= 0.3 is 0 Å². The standard InChI is InChI=1S/C22H25BrN4O/c1-15-12-18(23)14-27-20(16(2)25-21(15)27)22(28)24-13-19(26-10-6-7-11-26)17-8-4-3-5-9-17/h3-5,8-9,12,14,19H,6-7,10-11,13H2,1-2H3,(H,24,28). The van der Waals surface area contributed by atoms with Crippen molar-refractivity contribution in [1.29, 1.82) is 0 Å². The summed E-state index contributed by atoms with van der Waals surface area (Å²) in [5, 5.41) is 3.18. The molecule has 0 radical (unpaired) electrons. The van der Waals surface area contributed by atoms with Gasteiger partial charge in [-0.1, -0.05) is 30.3 Å². The number of carbonyl (C=O) groups excluding carboxylic acids is 1. The number of amides is 1. The number of hydrogen-bond donors (Lipinski definition) is 1. The Bertz CT molecular complexity index is 993. The van der Waals surface area contributed by atoms with Crippen LogP contribution in [0.3, 0.4) is 0 Å². The predicted molar refractivity (Wildman–Crippen MR) is 115 cm³/mol. The van der Waals surface area contributed by atoms with E-state index in [0.29, 0.717) is 12.2 Å². The summed E-state index contributed by atoms with van der Waals surface area (Å²) in [6, 6.07) is 12.7. The van der Waals surface area contributed by atoms with Crippen molar-refractivity contribution in [3.63, 3.8) is 0 Å². The van der Waals surface area contributed by atoms with Crippen LogP contribution in [-0.4, -0.2) is 39.8 Å². The highest BCUT2D eigenvalue weighted by Gasteiger charge is 2.25. The lowest BCUT2D eigenvalue weighted by atomic mass is 10.1. The number of imidazole rings is 1. The van der Waals surface area contributed by atoms with Gasteiger partial charge in [-0.25, -0.2) is 4.98 Å². The largest absolute Gasteiger partial charge is 0.349 e. The Labute approximate surface area is 173 Å². The highest BCUT2D eigenvalue weighted by molar-refractivity contribution is 9.10. The van der Waals surface area contributed by atoms with Crippen molar-refractivity contribution < 1.29 is 4.79 Å². The highest BCUT2D eigenvalue weighted by atomic mass is 79.9. The van der Waals surface area contributed by atoms with Gasteiger partial charge in [0.1, 0.15) is 11.3 Å². The van der Waals surface area contributed by atoms with E-state index in [4.69, 9.17) is 0 Å². The molecule has 0 aliphatic carbocycles. The number of nitrogens with one attached hydrogen (secondary N) is 1. The Hall–Kier alpha value is -2.18. The Morgan fingerprint density at radius 3 is 2.64 bits per heavy atom. The smallest absolute Gasteiger partial charge is 0.270 e. The summed E-state index contributed by atoms with van der Waals surface area (Å²) < 4.78 is 2.82. The van der Waals surface area contributed by atoms with Crippen molar-refractivity contribution in [1.82, 2.24) is 19.6 Å². The van der Waals surface area contributed by atoms with E-state index in [9.17, 15) is 4.79 Å². The molecule has 4 rings (SSSR count). The first-order chi connectivity index (χ1) is 13.5. The van der Waals surface area contributed by atoms with Crippen LogP contribution in [0.2, 0.25) is 0 Å². The van der Waals surface area contributed by atoms with Gasteiger partial charge in [-0.15, -0.1) is 0 Å². The lowest BCUT2D eigenvalue weighted by Crippen LogP contribution is -2.37. The van der Waals surface area contributed by atoms with Crippen molar-refractivity contribution in [3.05, 3.63) is 69.6 Å². The SMILES string of the molecule is Cc1nc2c(C)cc(Br)cn2c1C(=O)NCC(c1ccccc1)N1CCCC1. The minimum absolute atomic E-state index is 0.0809. The third kappa shape index (κ3) is 3.71. The fraction of sp³-hybridized carbons (Fsp3) is 0.364. The van der Waals surface area contributed by atoms with Gasteiger partial charge < -0.3 is 5.32 Å². The topological polar surface area (TPSA) is 49.6 Å². The maximum absolute atomic E-state index is 13.1. The first kappa shape index (κ1) is 19.2. The number of pyridine rings is 1. The molecule has 1 atom stereocenters. The molecular weight excluding hydrogens is 416 g/mol. The fourth-order valence-corrected chi connectivity index (χ4v) is 4.66. The highest BCUT2D eigenvalue weighted by Crippen LogP contribution is 2.25. The number of rotatable bonds is 5. The van der Waals surface area contributed by atoms with E-state index < -0.39 is 0 Å². The van der Waals surface area contributed by atoms with E-state index in [1.807, 2.05) is 36.6 Å². The van der Waals surface area contributed by atoms with E-state index in [-0.39, 0.29) is 11.9 Å². The van der Waals surface area contributed by atoms with Gasteiger partial charge in [0, 0.05) is 17.2 Å². The maximum Gasteiger partial charge on any atom is 0.270 e. The van der Waals surface area contributed by atoms with Crippen molar-refractivity contribution in [3.8, 4) is 0 Å². The Kier molecular flexibility index (Phi) is 5.51. The van der Waals surface area contributed by atoms with E-state index in [1.54, 1.807) is 0 Å². The number of benzene rings is 1. The molecule has 3 heterocycles. The minimum atomic E-state index is -0.0809. The molecule has 1 fully saturated rings. The molecule has 2 aromatic heterocycles. The molecule has 0 bridgehead atoms. The summed E-state index contributed by atoms with van der Waals surface area (Å²) in [4.78, 5) is 20.2. The van der Waals surface area contributed by atoms with E-state index in [0.717, 1.165) is 34.5 Å². The third-order valence-corrected chi connectivity index (χ3v) is 5.92. The third-order valence-electron chi connectivity index (χ3n) is 5.48. The first-order valence-corrected chi connectivity index (χ1v) is 10.6.